The number of halogens is 1. The molecule has 0 saturated carbocycles. The summed E-state index contributed by atoms with van der Waals surface area (Å²) in [7, 11) is 0. The van der Waals surface area contributed by atoms with Crippen LogP contribution in [0.4, 0.5) is 5.69 Å². The van der Waals surface area contributed by atoms with Crippen LogP contribution in [0.2, 0.25) is 5.02 Å². The first-order valence-corrected chi connectivity index (χ1v) is 12.6. The zero-order valence-electron chi connectivity index (χ0n) is 20.8. The number of carboxylic acid groups (broad SMARTS) is 1. The summed E-state index contributed by atoms with van der Waals surface area (Å²) in [5.41, 5.74) is 10.0. The minimum atomic E-state index is -1.10. The van der Waals surface area contributed by atoms with E-state index in [0.29, 0.717) is 45.1 Å². The lowest BCUT2D eigenvalue weighted by molar-refractivity contribution is 0.0697. The van der Waals surface area contributed by atoms with Gasteiger partial charge < -0.3 is 20.4 Å². The van der Waals surface area contributed by atoms with Gasteiger partial charge in [-0.25, -0.2) is 9.78 Å². The molecule has 4 N–H and O–H groups in total. The van der Waals surface area contributed by atoms with E-state index in [1.807, 2.05) is 36.4 Å². The zero-order chi connectivity index (χ0) is 27.8. The molecule has 1 unspecified atom stereocenters. The number of pyridine rings is 1. The molecule has 0 spiro atoms. The number of aromatic amines is 1. The van der Waals surface area contributed by atoms with Crippen LogP contribution in [-0.2, 0) is 6.42 Å². The van der Waals surface area contributed by atoms with Crippen LogP contribution in [0.1, 0.15) is 27.8 Å². The molecule has 0 aliphatic heterocycles. The van der Waals surface area contributed by atoms with Gasteiger partial charge in [-0.3, -0.25) is 4.79 Å². The van der Waals surface area contributed by atoms with Crippen molar-refractivity contribution in [1.82, 2.24) is 34.7 Å². The van der Waals surface area contributed by atoms with E-state index in [1.54, 1.807) is 29.0 Å². The number of nitrogens with two attached hydrogens (primary N) is 1. The molecule has 6 aromatic rings. The van der Waals surface area contributed by atoms with Gasteiger partial charge in [0.25, 0.3) is 5.56 Å². The normalized spacial score (nSPS) is 12.0. The van der Waals surface area contributed by atoms with Crippen LogP contribution in [-0.4, -0.2) is 45.8 Å². The van der Waals surface area contributed by atoms with Crippen molar-refractivity contribution < 1.29 is 9.90 Å². The van der Waals surface area contributed by atoms with Crippen molar-refractivity contribution in [3.63, 3.8) is 0 Å². The lowest BCUT2D eigenvalue weighted by Gasteiger charge is -2.19. The molecule has 0 bridgehead atoms. The number of tetrazole rings is 1. The number of benzene rings is 3. The lowest BCUT2D eigenvalue weighted by Crippen LogP contribution is -2.27. The van der Waals surface area contributed by atoms with Crippen molar-refractivity contribution in [2.45, 2.75) is 12.5 Å². The van der Waals surface area contributed by atoms with Gasteiger partial charge in [0.1, 0.15) is 12.2 Å². The van der Waals surface area contributed by atoms with Gasteiger partial charge in [-0.1, -0.05) is 41.9 Å². The molecular weight excluding hydrogens is 532 g/mol. The molecule has 1 atom stereocenters. The van der Waals surface area contributed by atoms with E-state index in [-0.39, 0.29) is 16.8 Å². The quantitative estimate of drug-likeness (QED) is 0.249. The van der Waals surface area contributed by atoms with Gasteiger partial charge in [0, 0.05) is 29.3 Å². The Bertz CT molecular complexity index is 1920. The number of anilines is 1. The average molecular weight is 553 g/mol. The van der Waals surface area contributed by atoms with Gasteiger partial charge in [-0.15, -0.1) is 5.10 Å². The Labute approximate surface area is 231 Å². The van der Waals surface area contributed by atoms with E-state index in [4.69, 9.17) is 17.3 Å². The van der Waals surface area contributed by atoms with Gasteiger partial charge in [-0.05, 0) is 58.0 Å². The summed E-state index contributed by atoms with van der Waals surface area (Å²) in [6.45, 7) is 0. The number of hydrogen-bond acceptors (Lipinski definition) is 7. The molecule has 11 nitrogen and oxygen atoms in total. The van der Waals surface area contributed by atoms with E-state index in [0.717, 1.165) is 5.56 Å². The Morgan fingerprint density at radius 3 is 2.62 bits per heavy atom. The highest BCUT2D eigenvalue weighted by Gasteiger charge is 2.22. The number of rotatable bonds is 7. The van der Waals surface area contributed by atoms with E-state index < -0.39 is 12.0 Å². The standard InChI is InChI=1S/C28H21ClN8O3/c29-19-6-7-23(37-15-31-34-35-37)20(14-19)17-8-9-36(25(38)13-17)24(10-16-4-2-1-3-5-16)27-32-22-12-18(28(39)40)11-21(30)26(22)33-27/h1-9,11-15,24H,10,30H2,(H,32,33)(H,39,40). The number of nitrogens with zero attached hydrogens (tertiary/aromatic N) is 6. The fourth-order valence-electron chi connectivity index (χ4n) is 4.73. The van der Waals surface area contributed by atoms with Crippen molar-refractivity contribution in [3.05, 3.63) is 118 Å². The number of nitrogens with one attached hydrogen (secondary N) is 1. The van der Waals surface area contributed by atoms with Crippen molar-refractivity contribution in [2.24, 2.45) is 0 Å². The molecule has 3 aromatic carbocycles. The Kier molecular flexibility index (Phi) is 6.33. The summed E-state index contributed by atoms with van der Waals surface area (Å²) >= 11 is 6.30. The van der Waals surface area contributed by atoms with E-state index in [1.165, 1.54) is 29.2 Å². The third-order valence-corrected chi connectivity index (χ3v) is 6.86. The second-order valence-electron chi connectivity index (χ2n) is 9.17. The maximum atomic E-state index is 13.7. The van der Waals surface area contributed by atoms with E-state index in [2.05, 4.69) is 25.5 Å². The van der Waals surface area contributed by atoms with Crippen LogP contribution in [0.15, 0.2) is 90.1 Å². The van der Waals surface area contributed by atoms with Crippen LogP contribution in [0.3, 0.4) is 0 Å². The summed E-state index contributed by atoms with van der Waals surface area (Å²) in [5.74, 6) is -0.632. The number of imidazole rings is 1. The minimum absolute atomic E-state index is 0.0316. The largest absolute Gasteiger partial charge is 0.478 e. The Morgan fingerprint density at radius 1 is 1.07 bits per heavy atom. The molecule has 12 heteroatoms. The number of carboxylic acids is 1. The maximum Gasteiger partial charge on any atom is 0.335 e. The van der Waals surface area contributed by atoms with E-state index in [9.17, 15) is 14.7 Å². The molecule has 0 saturated heterocycles. The number of aromatic carboxylic acids is 1. The smallest absolute Gasteiger partial charge is 0.335 e. The van der Waals surface area contributed by atoms with Crippen LogP contribution in [0, 0.1) is 0 Å². The molecular formula is C28H21ClN8O3. The van der Waals surface area contributed by atoms with Gasteiger partial charge in [-0.2, -0.15) is 4.68 Å². The van der Waals surface area contributed by atoms with Crippen molar-refractivity contribution in [3.8, 4) is 16.8 Å². The van der Waals surface area contributed by atoms with Gasteiger partial charge in [0.2, 0.25) is 0 Å². The monoisotopic (exact) mass is 552 g/mol. The summed E-state index contributed by atoms with van der Waals surface area (Å²) in [4.78, 5) is 33.1. The number of fused-ring (bicyclic) bond motifs is 1. The fourth-order valence-corrected chi connectivity index (χ4v) is 4.90. The first kappa shape index (κ1) is 25.0. The third kappa shape index (κ3) is 4.69. The number of carbonyl (C=O) groups is 1. The van der Waals surface area contributed by atoms with Crippen LogP contribution in [0.25, 0.3) is 27.8 Å². The Balaban J connectivity index is 1.47. The molecule has 6 rings (SSSR count). The second kappa shape index (κ2) is 10.1. The average Bonchev–Trinajstić information content (AvgIpc) is 3.63. The van der Waals surface area contributed by atoms with E-state index >= 15 is 0 Å². The minimum Gasteiger partial charge on any atom is -0.478 e. The van der Waals surface area contributed by atoms with Crippen molar-refractivity contribution in [1.29, 1.82) is 0 Å². The molecule has 0 fully saturated rings. The van der Waals surface area contributed by atoms with Crippen LogP contribution < -0.4 is 11.3 Å². The molecule has 3 aromatic heterocycles. The summed E-state index contributed by atoms with van der Waals surface area (Å²) in [5, 5.41) is 21.3. The Hall–Kier alpha value is -5.29. The highest BCUT2D eigenvalue weighted by molar-refractivity contribution is 6.31. The molecule has 0 amide bonds. The SMILES string of the molecule is Nc1cc(C(=O)O)cc2nc(C(Cc3ccccc3)n3ccc(-c4cc(Cl)ccc4-n4cnnn4)cc3=O)[nH]c12. The molecule has 3 heterocycles. The molecule has 0 aliphatic carbocycles. The third-order valence-electron chi connectivity index (χ3n) is 6.63. The summed E-state index contributed by atoms with van der Waals surface area (Å²) in [6.07, 6.45) is 3.61. The predicted molar refractivity (Wildman–Crippen MR) is 150 cm³/mol. The van der Waals surface area contributed by atoms with Crippen LogP contribution in [0.5, 0.6) is 0 Å². The molecule has 0 aliphatic rings. The highest BCUT2D eigenvalue weighted by Crippen LogP contribution is 2.30. The number of H-pyrrole nitrogens is 1. The van der Waals surface area contributed by atoms with Gasteiger partial charge >= 0.3 is 5.97 Å². The first-order chi connectivity index (χ1) is 19.4. The molecule has 198 valence electrons. The second-order valence-corrected chi connectivity index (χ2v) is 9.61. The van der Waals surface area contributed by atoms with Crippen molar-refractivity contribution in [2.75, 3.05) is 5.73 Å². The fraction of sp³-hybridized carbons (Fsp3) is 0.0714. The molecule has 40 heavy (non-hydrogen) atoms. The molecule has 0 radical (unpaired) electrons. The number of nitrogen functional groups attached to an aromatic ring is 1. The Morgan fingerprint density at radius 2 is 1.90 bits per heavy atom. The topological polar surface area (TPSA) is 158 Å². The zero-order valence-corrected chi connectivity index (χ0v) is 21.5. The van der Waals surface area contributed by atoms with Gasteiger partial charge in [0.15, 0.2) is 0 Å². The summed E-state index contributed by atoms with van der Waals surface area (Å²) < 4.78 is 3.09. The number of aromatic nitrogens is 7. The van der Waals surface area contributed by atoms with Crippen LogP contribution >= 0.6 is 11.6 Å². The van der Waals surface area contributed by atoms with Crippen molar-refractivity contribution >= 4 is 34.3 Å². The predicted octanol–water partition coefficient (Wildman–Crippen LogP) is 4.13. The number of hydrogen-bond donors (Lipinski definition) is 3. The lowest BCUT2D eigenvalue weighted by atomic mass is 10.0. The highest BCUT2D eigenvalue weighted by atomic mass is 35.5. The van der Waals surface area contributed by atoms with Gasteiger partial charge in [0.05, 0.1) is 34.0 Å². The first-order valence-electron chi connectivity index (χ1n) is 12.2. The maximum absolute atomic E-state index is 13.7. The summed E-state index contributed by atoms with van der Waals surface area (Å²) in [6, 6.07) is 20.6.